The van der Waals surface area contributed by atoms with Crippen molar-refractivity contribution in [1.82, 2.24) is 5.32 Å². The molecule has 1 rings (SSSR count). The van der Waals surface area contributed by atoms with E-state index in [9.17, 15) is 4.79 Å². The highest BCUT2D eigenvalue weighted by Crippen LogP contribution is 2.14. The summed E-state index contributed by atoms with van der Waals surface area (Å²) in [6.07, 6.45) is 5.44. The quantitative estimate of drug-likeness (QED) is 0.672. The number of ether oxygens (including phenoxy) is 1. The van der Waals surface area contributed by atoms with Gasteiger partial charge in [-0.2, -0.15) is 5.26 Å². The van der Waals surface area contributed by atoms with Crippen molar-refractivity contribution >= 4 is 5.91 Å². The second kappa shape index (κ2) is 10.7. The lowest BCUT2D eigenvalue weighted by Crippen LogP contribution is -2.24. The van der Waals surface area contributed by atoms with Gasteiger partial charge in [-0.05, 0) is 30.5 Å². The average Bonchev–Trinajstić information content (AvgIpc) is 2.48. The Hall–Kier alpha value is -2.02. The van der Waals surface area contributed by atoms with Crippen molar-refractivity contribution in [3.8, 4) is 11.8 Å². The van der Waals surface area contributed by atoms with Crippen molar-refractivity contribution in [1.29, 1.82) is 5.26 Å². The van der Waals surface area contributed by atoms with Gasteiger partial charge in [0.25, 0.3) is 0 Å². The van der Waals surface area contributed by atoms with E-state index in [1.807, 2.05) is 30.3 Å². The zero-order valence-corrected chi connectivity index (χ0v) is 12.7. The summed E-state index contributed by atoms with van der Waals surface area (Å²) in [5.74, 6) is 0.660. The first-order chi connectivity index (χ1) is 10.3. The number of nitrogens with one attached hydrogen (secondary N) is 1. The number of carbonyl (C=O) groups is 1. The molecule has 0 saturated carbocycles. The molecule has 0 saturated heterocycles. The molecule has 1 amide bonds. The molecule has 0 radical (unpaired) electrons. The Balaban J connectivity index is 2.28. The smallest absolute Gasteiger partial charge is 0.234 e. The summed E-state index contributed by atoms with van der Waals surface area (Å²) in [6.45, 7) is 3.49. The predicted molar refractivity (Wildman–Crippen MR) is 83.0 cm³/mol. The van der Waals surface area contributed by atoms with Crippen LogP contribution < -0.4 is 10.1 Å². The van der Waals surface area contributed by atoms with E-state index in [1.165, 1.54) is 19.3 Å². The SMILES string of the molecule is CCCCCCOc1cccc(CCNC(=O)CC#N)c1. The molecule has 0 unspecified atom stereocenters. The number of nitriles is 1. The molecule has 0 fully saturated rings. The number of hydrogen-bond donors (Lipinski definition) is 1. The molecule has 0 spiro atoms. The summed E-state index contributed by atoms with van der Waals surface area (Å²) in [4.78, 5) is 11.2. The number of hydrogen-bond acceptors (Lipinski definition) is 3. The summed E-state index contributed by atoms with van der Waals surface area (Å²) < 4.78 is 5.73. The molecule has 0 bridgehead atoms. The molecule has 114 valence electrons. The monoisotopic (exact) mass is 288 g/mol. The Labute approximate surface area is 127 Å². The van der Waals surface area contributed by atoms with Crippen LogP contribution in [0.25, 0.3) is 0 Å². The fraction of sp³-hybridized carbons (Fsp3) is 0.529. The van der Waals surface area contributed by atoms with E-state index in [1.54, 1.807) is 0 Å². The molecule has 0 aliphatic carbocycles. The van der Waals surface area contributed by atoms with Gasteiger partial charge in [-0.3, -0.25) is 4.79 Å². The molecule has 4 heteroatoms. The number of carbonyl (C=O) groups excluding carboxylic acids is 1. The third-order valence-electron chi connectivity index (χ3n) is 3.14. The van der Waals surface area contributed by atoms with Gasteiger partial charge >= 0.3 is 0 Å². The van der Waals surface area contributed by atoms with Crippen LogP contribution in [-0.2, 0) is 11.2 Å². The van der Waals surface area contributed by atoms with Gasteiger partial charge in [-0.1, -0.05) is 38.3 Å². The fourth-order valence-corrected chi connectivity index (χ4v) is 1.99. The van der Waals surface area contributed by atoms with Crippen molar-refractivity contribution in [3.63, 3.8) is 0 Å². The third-order valence-corrected chi connectivity index (χ3v) is 3.14. The lowest BCUT2D eigenvalue weighted by atomic mass is 10.1. The first kappa shape index (κ1) is 17.0. The zero-order valence-electron chi connectivity index (χ0n) is 12.7. The number of nitrogens with zero attached hydrogens (tertiary/aromatic N) is 1. The van der Waals surface area contributed by atoms with Gasteiger partial charge in [0, 0.05) is 6.54 Å². The topological polar surface area (TPSA) is 62.1 Å². The molecule has 0 atom stereocenters. The van der Waals surface area contributed by atoms with Crippen molar-refractivity contribution < 1.29 is 9.53 Å². The van der Waals surface area contributed by atoms with Crippen molar-refractivity contribution in [3.05, 3.63) is 29.8 Å². The maximum atomic E-state index is 11.2. The minimum atomic E-state index is -0.221. The normalized spacial score (nSPS) is 9.90. The maximum absolute atomic E-state index is 11.2. The molecule has 0 aliphatic rings. The van der Waals surface area contributed by atoms with Gasteiger partial charge in [0.2, 0.25) is 5.91 Å². The van der Waals surface area contributed by atoms with Gasteiger partial charge in [-0.15, -0.1) is 0 Å². The number of unbranched alkanes of at least 4 members (excludes halogenated alkanes) is 3. The largest absolute Gasteiger partial charge is 0.494 e. The molecule has 1 aromatic rings. The Morgan fingerprint density at radius 2 is 2.19 bits per heavy atom. The summed E-state index contributed by atoms with van der Waals surface area (Å²) in [7, 11) is 0. The van der Waals surface area contributed by atoms with Crippen LogP contribution in [0.1, 0.15) is 44.6 Å². The van der Waals surface area contributed by atoms with Gasteiger partial charge in [0.1, 0.15) is 12.2 Å². The summed E-state index contributed by atoms with van der Waals surface area (Å²) >= 11 is 0. The van der Waals surface area contributed by atoms with Crippen molar-refractivity contribution in [2.24, 2.45) is 0 Å². The maximum Gasteiger partial charge on any atom is 0.234 e. The van der Waals surface area contributed by atoms with Crippen LogP contribution >= 0.6 is 0 Å². The Morgan fingerprint density at radius 1 is 1.33 bits per heavy atom. The van der Waals surface area contributed by atoms with Crippen LogP contribution in [0.15, 0.2) is 24.3 Å². The highest BCUT2D eigenvalue weighted by molar-refractivity contribution is 5.77. The average molecular weight is 288 g/mol. The molecule has 4 nitrogen and oxygen atoms in total. The Morgan fingerprint density at radius 3 is 2.95 bits per heavy atom. The van der Waals surface area contributed by atoms with Crippen LogP contribution in [-0.4, -0.2) is 19.1 Å². The highest BCUT2D eigenvalue weighted by Gasteiger charge is 2.01. The minimum absolute atomic E-state index is 0.0824. The van der Waals surface area contributed by atoms with Gasteiger partial charge < -0.3 is 10.1 Å². The number of rotatable bonds is 10. The molecule has 0 aliphatic heterocycles. The van der Waals surface area contributed by atoms with E-state index < -0.39 is 0 Å². The second-order valence-corrected chi connectivity index (χ2v) is 4.99. The molecule has 1 N–H and O–H groups in total. The van der Waals surface area contributed by atoms with Crippen molar-refractivity contribution in [2.75, 3.05) is 13.2 Å². The molecule has 21 heavy (non-hydrogen) atoms. The van der Waals surface area contributed by atoms with Crippen LogP contribution in [0.5, 0.6) is 5.75 Å². The van der Waals surface area contributed by atoms with E-state index >= 15 is 0 Å². The van der Waals surface area contributed by atoms with E-state index in [2.05, 4.69) is 12.2 Å². The van der Waals surface area contributed by atoms with E-state index in [-0.39, 0.29) is 12.3 Å². The van der Waals surface area contributed by atoms with Crippen LogP contribution in [0, 0.1) is 11.3 Å². The van der Waals surface area contributed by atoms with Crippen LogP contribution in [0.2, 0.25) is 0 Å². The van der Waals surface area contributed by atoms with E-state index in [0.717, 1.165) is 30.8 Å². The lowest BCUT2D eigenvalue weighted by molar-refractivity contribution is -0.120. The standard InChI is InChI=1S/C17H24N2O2/c1-2-3-4-5-13-21-16-8-6-7-15(14-16)10-12-19-17(20)9-11-18/h6-8,14H,2-5,9-10,12-13H2,1H3,(H,19,20). The summed E-state index contributed by atoms with van der Waals surface area (Å²) in [6, 6.07) is 9.78. The first-order valence-corrected chi connectivity index (χ1v) is 7.61. The minimum Gasteiger partial charge on any atom is -0.494 e. The Kier molecular flexibility index (Phi) is 8.70. The number of benzene rings is 1. The van der Waals surface area contributed by atoms with Crippen molar-refractivity contribution in [2.45, 2.75) is 45.4 Å². The molecule has 0 heterocycles. The first-order valence-electron chi connectivity index (χ1n) is 7.61. The van der Waals surface area contributed by atoms with E-state index in [4.69, 9.17) is 10.00 Å². The molecule has 0 aromatic heterocycles. The lowest BCUT2D eigenvalue weighted by Gasteiger charge is -2.08. The van der Waals surface area contributed by atoms with Crippen LogP contribution in [0.4, 0.5) is 0 Å². The predicted octanol–water partition coefficient (Wildman–Crippen LogP) is 3.22. The summed E-state index contributed by atoms with van der Waals surface area (Å²) in [5, 5.41) is 11.1. The zero-order chi connectivity index (χ0) is 15.3. The third kappa shape index (κ3) is 7.98. The summed E-state index contributed by atoms with van der Waals surface area (Å²) in [5.41, 5.74) is 1.12. The number of amides is 1. The second-order valence-electron chi connectivity index (χ2n) is 4.99. The fourth-order valence-electron chi connectivity index (χ4n) is 1.99. The van der Waals surface area contributed by atoms with Gasteiger partial charge in [0.15, 0.2) is 0 Å². The highest BCUT2D eigenvalue weighted by atomic mass is 16.5. The molecule has 1 aromatic carbocycles. The molecular formula is C17H24N2O2. The van der Waals surface area contributed by atoms with E-state index in [0.29, 0.717) is 6.54 Å². The Bertz CT molecular complexity index is 466. The molecular weight excluding hydrogens is 264 g/mol. The van der Waals surface area contributed by atoms with Gasteiger partial charge in [0.05, 0.1) is 12.7 Å². The van der Waals surface area contributed by atoms with Gasteiger partial charge in [-0.25, -0.2) is 0 Å². The van der Waals surface area contributed by atoms with Crippen LogP contribution in [0.3, 0.4) is 0 Å².